The first-order valence-corrected chi connectivity index (χ1v) is 5.25. The summed E-state index contributed by atoms with van der Waals surface area (Å²) in [5.74, 6) is 0. The first-order chi connectivity index (χ1) is 7.29. The molecule has 0 aliphatic heterocycles. The van der Waals surface area contributed by atoms with E-state index >= 15 is 0 Å². The lowest BCUT2D eigenvalue weighted by molar-refractivity contribution is 1.33. The smallest absolute Gasteiger partial charge is 0.180 e. The van der Waals surface area contributed by atoms with Crippen molar-refractivity contribution in [1.82, 2.24) is 4.98 Å². The number of hydrogen-bond acceptors (Lipinski definition) is 3. The molecule has 15 heavy (non-hydrogen) atoms. The van der Waals surface area contributed by atoms with Crippen molar-refractivity contribution in [2.45, 2.75) is 6.92 Å². The van der Waals surface area contributed by atoms with Gasteiger partial charge in [0.25, 0.3) is 0 Å². The van der Waals surface area contributed by atoms with Crippen LogP contribution in [0.5, 0.6) is 0 Å². The molecular formula is C10H8N4S. The standard InChI is InChI=1S/C10H8N4S/c1-7-2-4-8(5-3-7)9-6-15-10(12-9)13-14-11/h2-6H,1H3. The summed E-state index contributed by atoms with van der Waals surface area (Å²) in [6, 6.07) is 8.07. The van der Waals surface area contributed by atoms with Crippen LogP contribution < -0.4 is 0 Å². The third kappa shape index (κ3) is 2.15. The van der Waals surface area contributed by atoms with Gasteiger partial charge in [-0.15, -0.1) is 11.3 Å². The van der Waals surface area contributed by atoms with E-state index < -0.39 is 0 Å². The number of hydrogen-bond donors (Lipinski definition) is 0. The first kappa shape index (κ1) is 9.71. The van der Waals surface area contributed by atoms with Gasteiger partial charge in [-0.3, -0.25) is 0 Å². The molecule has 2 rings (SSSR count). The fourth-order valence-corrected chi connectivity index (χ4v) is 1.85. The fraction of sp³-hybridized carbons (Fsp3) is 0.100. The van der Waals surface area contributed by atoms with Crippen molar-refractivity contribution in [3.05, 3.63) is 45.7 Å². The summed E-state index contributed by atoms with van der Waals surface area (Å²) in [5.41, 5.74) is 11.4. The van der Waals surface area contributed by atoms with E-state index in [2.05, 4.69) is 15.0 Å². The van der Waals surface area contributed by atoms with Gasteiger partial charge < -0.3 is 0 Å². The second-order valence-electron chi connectivity index (χ2n) is 3.07. The molecule has 5 heteroatoms. The van der Waals surface area contributed by atoms with Gasteiger partial charge in [-0.1, -0.05) is 29.8 Å². The molecular weight excluding hydrogens is 208 g/mol. The third-order valence-corrected chi connectivity index (χ3v) is 2.69. The molecule has 0 fully saturated rings. The zero-order chi connectivity index (χ0) is 10.7. The second-order valence-corrected chi connectivity index (χ2v) is 3.91. The van der Waals surface area contributed by atoms with Crippen LogP contribution in [-0.2, 0) is 0 Å². The molecule has 0 spiro atoms. The van der Waals surface area contributed by atoms with Gasteiger partial charge in [0, 0.05) is 15.9 Å². The Morgan fingerprint density at radius 3 is 2.73 bits per heavy atom. The van der Waals surface area contributed by atoms with Gasteiger partial charge in [0.2, 0.25) is 0 Å². The highest BCUT2D eigenvalue weighted by Crippen LogP contribution is 2.26. The van der Waals surface area contributed by atoms with Crippen LogP contribution in [-0.4, -0.2) is 4.98 Å². The van der Waals surface area contributed by atoms with Gasteiger partial charge in [0.15, 0.2) is 5.13 Å². The minimum Gasteiger partial charge on any atom is -0.235 e. The number of thiazole rings is 1. The maximum Gasteiger partial charge on any atom is 0.180 e. The van der Waals surface area contributed by atoms with E-state index in [4.69, 9.17) is 5.53 Å². The van der Waals surface area contributed by atoms with Crippen LogP contribution in [0, 0.1) is 6.92 Å². The lowest BCUT2D eigenvalue weighted by Gasteiger charge is -1.96. The van der Waals surface area contributed by atoms with E-state index in [9.17, 15) is 0 Å². The van der Waals surface area contributed by atoms with Crippen molar-refractivity contribution >= 4 is 16.5 Å². The lowest BCUT2D eigenvalue weighted by atomic mass is 10.1. The van der Waals surface area contributed by atoms with Crippen molar-refractivity contribution in [2.24, 2.45) is 5.11 Å². The maximum absolute atomic E-state index is 8.26. The number of benzene rings is 1. The summed E-state index contributed by atoms with van der Waals surface area (Å²) in [5, 5.41) is 5.79. The molecule has 0 aliphatic carbocycles. The highest BCUT2D eigenvalue weighted by molar-refractivity contribution is 7.13. The van der Waals surface area contributed by atoms with Gasteiger partial charge in [0.1, 0.15) is 0 Å². The molecule has 0 saturated heterocycles. The predicted molar refractivity (Wildman–Crippen MR) is 61.1 cm³/mol. The molecule has 2 aromatic rings. The Hall–Kier alpha value is -1.84. The van der Waals surface area contributed by atoms with Crippen molar-refractivity contribution in [1.29, 1.82) is 0 Å². The second kappa shape index (κ2) is 4.13. The molecule has 0 atom stereocenters. The monoisotopic (exact) mass is 216 g/mol. The van der Waals surface area contributed by atoms with Gasteiger partial charge in [-0.05, 0) is 17.6 Å². The minimum atomic E-state index is 0.452. The van der Waals surface area contributed by atoms with Crippen LogP contribution in [0.4, 0.5) is 5.13 Å². The van der Waals surface area contributed by atoms with E-state index in [1.54, 1.807) is 0 Å². The lowest BCUT2D eigenvalue weighted by Crippen LogP contribution is -1.77. The Labute approximate surface area is 90.8 Å². The molecule has 1 aromatic heterocycles. The van der Waals surface area contributed by atoms with Gasteiger partial charge in [-0.25, -0.2) is 4.98 Å². The molecule has 74 valence electrons. The van der Waals surface area contributed by atoms with Crippen LogP contribution in [0.2, 0.25) is 0 Å². The zero-order valence-corrected chi connectivity index (χ0v) is 8.90. The molecule has 1 aromatic carbocycles. The van der Waals surface area contributed by atoms with Crippen LogP contribution in [0.25, 0.3) is 21.7 Å². The number of rotatable bonds is 2. The van der Waals surface area contributed by atoms with Gasteiger partial charge in [-0.2, -0.15) is 0 Å². The Kier molecular flexibility index (Phi) is 2.67. The average molecular weight is 216 g/mol. The third-order valence-electron chi connectivity index (χ3n) is 1.97. The van der Waals surface area contributed by atoms with Crippen LogP contribution in [0.1, 0.15) is 5.56 Å². The van der Waals surface area contributed by atoms with E-state index in [-0.39, 0.29) is 0 Å². The minimum absolute atomic E-state index is 0.452. The zero-order valence-electron chi connectivity index (χ0n) is 8.08. The highest BCUT2D eigenvalue weighted by Gasteiger charge is 2.02. The van der Waals surface area contributed by atoms with Gasteiger partial charge in [0.05, 0.1) is 5.69 Å². The SMILES string of the molecule is Cc1ccc(-c2csc(N=[N+]=[N-])n2)cc1. The molecule has 0 unspecified atom stereocenters. The van der Waals surface area contributed by atoms with Crippen LogP contribution in [0.3, 0.4) is 0 Å². The topological polar surface area (TPSA) is 61.7 Å². The van der Waals surface area contributed by atoms with Gasteiger partial charge >= 0.3 is 0 Å². The Morgan fingerprint density at radius 1 is 1.33 bits per heavy atom. The molecule has 0 saturated carbocycles. The summed E-state index contributed by atoms with van der Waals surface area (Å²) >= 11 is 1.34. The maximum atomic E-state index is 8.26. The van der Waals surface area contributed by atoms with E-state index in [0.29, 0.717) is 5.13 Å². The van der Waals surface area contributed by atoms with Crippen molar-refractivity contribution < 1.29 is 0 Å². The van der Waals surface area contributed by atoms with Crippen molar-refractivity contribution in [3.63, 3.8) is 0 Å². The Balaban J connectivity index is 2.37. The molecule has 0 radical (unpaired) electrons. The molecule has 0 N–H and O–H groups in total. The number of aryl methyl sites for hydroxylation is 1. The number of aromatic nitrogens is 1. The number of nitrogens with zero attached hydrogens (tertiary/aromatic N) is 4. The fourth-order valence-electron chi connectivity index (χ4n) is 1.21. The van der Waals surface area contributed by atoms with Crippen LogP contribution in [0.15, 0.2) is 34.8 Å². The molecule has 0 aliphatic rings. The molecule has 0 amide bonds. The van der Waals surface area contributed by atoms with E-state index in [1.807, 2.05) is 36.6 Å². The van der Waals surface area contributed by atoms with E-state index in [1.165, 1.54) is 16.9 Å². The summed E-state index contributed by atoms with van der Waals surface area (Å²) in [6.45, 7) is 2.04. The summed E-state index contributed by atoms with van der Waals surface area (Å²) in [6.07, 6.45) is 0. The summed E-state index contributed by atoms with van der Waals surface area (Å²) in [7, 11) is 0. The first-order valence-electron chi connectivity index (χ1n) is 4.37. The highest BCUT2D eigenvalue weighted by atomic mass is 32.1. The van der Waals surface area contributed by atoms with E-state index in [0.717, 1.165) is 11.3 Å². The number of azide groups is 1. The average Bonchev–Trinajstić information content (AvgIpc) is 2.68. The normalized spacial score (nSPS) is 9.67. The summed E-state index contributed by atoms with van der Waals surface area (Å²) in [4.78, 5) is 6.90. The molecule has 4 nitrogen and oxygen atoms in total. The quantitative estimate of drug-likeness (QED) is 0.424. The largest absolute Gasteiger partial charge is 0.235 e. The van der Waals surface area contributed by atoms with Crippen molar-refractivity contribution in [2.75, 3.05) is 0 Å². The molecule has 0 bridgehead atoms. The Morgan fingerprint density at radius 2 is 2.07 bits per heavy atom. The Bertz CT molecular complexity index is 508. The predicted octanol–water partition coefficient (Wildman–Crippen LogP) is 4.06. The van der Waals surface area contributed by atoms with Crippen LogP contribution >= 0.6 is 11.3 Å². The van der Waals surface area contributed by atoms with Crippen molar-refractivity contribution in [3.8, 4) is 11.3 Å². The summed E-state index contributed by atoms with van der Waals surface area (Å²) < 4.78 is 0. The molecule has 1 heterocycles.